The monoisotopic (exact) mass is 264 g/mol. The summed E-state index contributed by atoms with van der Waals surface area (Å²) in [7, 11) is 0. The van der Waals surface area contributed by atoms with Crippen LogP contribution in [-0.2, 0) is 14.3 Å². The van der Waals surface area contributed by atoms with Gasteiger partial charge >= 0.3 is 0 Å². The first-order chi connectivity index (χ1) is 7.86. The molecule has 2 aliphatic heterocycles. The Morgan fingerprint density at radius 2 is 2.18 bits per heavy atom. The lowest BCUT2D eigenvalue weighted by Crippen LogP contribution is -2.43. The number of nitrogens with zero attached hydrogens (tertiary/aromatic N) is 1. The maximum absolute atomic E-state index is 12.0. The number of carbonyl (C=O) groups is 1. The van der Waals surface area contributed by atoms with Crippen molar-refractivity contribution in [3.05, 3.63) is 0 Å². The van der Waals surface area contributed by atoms with E-state index >= 15 is 0 Å². The fourth-order valence-corrected chi connectivity index (χ4v) is 2.07. The van der Waals surface area contributed by atoms with E-state index in [9.17, 15) is 4.79 Å². The maximum atomic E-state index is 12.0. The van der Waals surface area contributed by atoms with Gasteiger partial charge < -0.3 is 19.7 Å². The number of halogens is 1. The molecule has 0 bridgehead atoms. The smallest absolute Gasteiger partial charge is 0.225 e. The van der Waals surface area contributed by atoms with Gasteiger partial charge in [0.25, 0.3) is 0 Å². The predicted octanol–water partition coefficient (Wildman–Crippen LogP) is 0.0356. The van der Waals surface area contributed by atoms with Gasteiger partial charge in [0.1, 0.15) is 0 Å². The van der Waals surface area contributed by atoms with Crippen LogP contribution < -0.4 is 5.32 Å². The molecule has 0 radical (unpaired) electrons. The highest BCUT2D eigenvalue weighted by Gasteiger charge is 2.22. The Hall–Kier alpha value is -0.360. The molecule has 2 heterocycles. The van der Waals surface area contributed by atoms with Crippen LogP contribution in [0.4, 0.5) is 0 Å². The van der Waals surface area contributed by atoms with Gasteiger partial charge in [0.2, 0.25) is 5.91 Å². The third-order valence-corrected chi connectivity index (χ3v) is 2.98. The SMILES string of the molecule is Cl.O=C(CC1CNCCO1)N1CCCOCC1. The Morgan fingerprint density at radius 3 is 2.94 bits per heavy atom. The van der Waals surface area contributed by atoms with Gasteiger partial charge in [-0.25, -0.2) is 0 Å². The maximum Gasteiger partial charge on any atom is 0.225 e. The molecule has 2 fully saturated rings. The molecular weight excluding hydrogens is 244 g/mol. The molecule has 1 N–H and O–H groups in total. The van der Waals surface area contributed by atoms with Gasteiger partial charge in [0.05, 0.1) is 25.7 Å². The molecule has 0 spiro atoms. The molecule has 17 heavy (non-hydrogen) atoms. The zero-order chi connectivity index (χ0) is 11.2. The van der Waals surface area contributed by atoms with Crippen LogP contribution in [0, 0.1) is 0 Å². The van der Waals surface area contributed by atoms with Crippen LogP contribution in [0.25, 0.3) is 0 Å². The summed E-state index contributed by atoms with van der Waals surface area (Å²) >= 11 is 0. The molecule has 1 amide bonds. The van der Waals surface area contributed by atoms with E-state index in [0.717, 1.165) is 39.2 Å². The van der Waals surface area contributed by atoms with Crippen LogP contribution in [0.5, 0.6) is 0 Å². The highest BCUT2D eigenvalue weighted by Crippen LogP contribution is 2.07. The zero-order valence-corrected chi connectivity index (χ0v) is 10.8. The van der Waals surface area contributed by atoms with Crippen molar-refractivity contribution in [2.75, 3.05) is 46.0 Å². The van der Waals surface area contributed by atoms with Gasteiger partial charge in [-0.1, -0.05) is 0 Å². The van der Waals surface area contributed by atoms with Crippen molar-refractivity contribution in [3.8, 4) is 0 Å². The number of rotatable bonds is 2. The Morgan fingerprint density at radius 1 is 1.29 bits per heavy atom. The molecule has 2 saturated heterocycles. The first-order valence-corrected chi connectivity index (χ1v) is 6.04. The Labute approximate surface area is 108 Å². The van der Waals surface area contributed by atoms with E-state index < -0.39 is 0 Å². The van der Waals surface area contributed by atoms with Gasteiger partial charge in [0.15, 0.2) is 0 Å². The fourth-order valence-electron chi connectivity index (χ4n) is 2.07. The van der Waals surface area contributed by atoms with Crippen LogP contribution in [0.3, 0.4) is 0 Å². The molecule has 0 aromatic rings. The Balaban J connectivity index is 0.00000144. The second-order valence-corrected chi connectivity index (χ2v) is 4.25. The minimum absolute atomic E-state index is 0. The summed E-state index contributed by atoms with van der Waals surface area (Å²) in [6.07, 6.45) is 1.48. The minimum Gasteiger partial charge on any atom is -0.380 e. The quantitative estimate of drug-likeness (QED) is 0.765. The summed E-state index contributed by atoms with van der Waals surface area (Å²) in [5, 5.41) is 3.24. The van der Waals surface area contributed by atoms with E-state index in [4.69, 9.17) is 9.47 Å². The van der Waals surface area contributed by atoms with Crippen LogP contribution in [-0.4, -0.2) is 62.9 Å². The fraction of sp³-hybridized carbons (Fsp3) is 0.909. The van der Waals surface area contributed by atoms with Gasteiger partial charge in [-0.15, -0.1) is 12.4 Å². The number of nitrogens with one attached hydrogen (secondary N) is 1. The number of hydrogen-bond acceptors (Lipinski definition) is 4. The zero-order valence-electron chi connectivity index (χ0n) is 10.0. The normalized spacial score (nSPS) is 25.9. The topological polar surface area (TPSA) is 50.8 Å². The van der Waals surface area contributed by atoms with E-state index in [-0.39, 0.29) is 24.4 Å². The molecule has 1 atom stereocenters. The molecule has 2 rings (SSSR count). The molecule has 0 aliphatic carbocycles. The Kier molecular flexibility index (Phi) is 6.80. The summed E-state index contributed by atoms with van der Waals surface area (Å²) in [4.78, 5) is 13.9. The lowest BCUT2D eigenvalue weighted by molar-refractivity contribution is -0.134. The summed E-state index contributed by atoms with van der Waals surface area (Å²) in [5.74, 6) is 0.194. The van der Waals surface area contributed by atoms with E-state index in [1.54, 1.807) is 0 Å². The van der Waals surface area contributed by atoms with Crippen LogP contribution >= 0.6 is 12.4 Å². The first kappa shape index (κ1) is 14.7. The van der Waals surface area contributed by atoms with Crippen molar-refractivity contribution in [3.63, 3.8) is 0 Å². The summed E-state index contributed by atoms with van der Waals surface area (Å²) in [6, 6.07) is 0. The second-order valence-electron chi connectivity index (χ2n) is 4.25. The van der Waals surface area contributed by atoms with E-state index in [1.165, 1.54) is 0 Å². The Bertz CT molecular complexity index is 227. The molecule has 1 unspecified atom stereocenters. The number of ether oxygens (including phenoxy) is 2. The molecule has 100 valence electrons. The largest absolute Gasteiger partial charge is 0.380 e. The van der Waals surface area contributed by atoms with Crippen molar-refractivity contribution in [2.45, 2.75) is 18.9 Å². The second kappa shape index (κ2) is 7.87. The first-order valence-electron chi connectivity index (χ1n) is 6.04. The summed E-state index contributed by atoms with van der Waals surface area (Å²) < 4.78 is 10.9. The number of morpholine rings is 1. The summed E-state index contributed by atoms with van der Waals surface area (Å²) in [5.41, 5.74) is 0. The van der Waals surface area contributed by atoms with E-state index in [1.807, 2.05) is 4.90 Å². The van der Waals surface area contributed by atoms with Gasteiger partial charge in [-0.3, -0.25) is 4.79 Å². The highest BCUT2D eigenvalue weighted by molar-refractivity contribution is 5.85. The van der Waals surface area contributed by atoms with Crippen molar-refractivity contribution < 1.29 is 14.3 Å². The van der Waals surface area contributed by atoms with Crippen LogP contribution in [0.2, 0.25) is 0 Å². The lowest BCUT2D eigenvalue weighted by atomic mass is 10.2. The molecular formula is C11H21ClN2O3. The molecule has 0 aromatic carbocycles. The van der Waals surface area contributed by atoms with Crippen molar-refractivity contribution >= 4 is 18.3 Å². The van der Waals surface area contributed by atoms with Crippen molar-refractivity contribution in [1.29, 1.82) is 0 Å². The molecule has 0 saturated carbocycles. The van der Waals surface area contributed by atoms with Crippen LogP contribution in [0.1, 0.15) is 12.8 Å². The average Bonchev–Trinajstić information content (AvgIpc) is 2.59. The van der Waals surface area contributed by atoms with E-state index in [0.29, 0.717) is 19.6 Å². The van der Waals surface area contributed by atoms with E-state index in [2.05, 4.69) is 5.32 Å². The third-order valence-electron chi connectivity index (χ3n) is 2.98. The molecule has 5 nitrogen and oxygen atoms in total. The van der Waals surface area contributed by atoms with Crippen molar-refractivity contribution in [1.82, 2.24) is 10.2 Å². The summed E-state index contributed by atoms with van der Waals surface area (Å²) in [6.45, 7) is 5.36. The lowest BCUT2D eigenvalue weighted by Gasteiger charge is -2.26. The molecule has 2 aliphatic rings. The minimum atomic E-state index is 0. The van der Waals surface area contributed by atoms with Crippen molar-refractivity contribution in [2.24, 2.45) is 0 Å². The van der Waals surface area contributed by atoms with Crippen LogP contribution in [0.15, 0.2) is 0 Å². The third kappa shape index (κ3) is 4.79. The molecule has 0 aromatic heterocycles. The number of carbonyl (C=O) groups excluding carboxylic acids is 1. The van der Waals surface area contributed by atoms with Gasteiger partial charge in [-0.05, 0) is 6.42 Å². The highest BCUT2D eigenvalue weighted by atomic mass is 35.5. The molecule has 6 heteroatoms. The van der Waals surface area contributed by atoms with Gasteiger partial charge in [0, 0.05) is 32.8 Å². The average molecular weight is 265 g/mol. The number of hydrogen-bond donors (Lipinski definition) is 1. The van der Waals surface area contributed by atoms with Gasteiger partial charge in [-0.2, -0.15) is 0 Å². The predicted molar refractivity (Wildman–Crippen MR) is 66.5 cm³/mol. The number of amides is 1. The standard InChI is InChI=1S/C11H20N2O3.ClH/c14-11(8-10-9-12-2-6-16-10)13-3-1-5-15-7-4-13;/h10,12H,1-9H2;1H.